The number of nitrogen functional groups attached to an aromatic ring is 1. The molecule has 0 saturated carbocycles. The Balaban J connectivity index is 3.20. The van der Waals surface area contributed by atoms with Gasteiger partial charge >= 0.3 is 6.98 Å². The highest BCUT2D eigenvalue weighted by atomic mass is 19.4. The van der Waals surface area contributed by atoms with Crippen LogP contribution >= 0.6 is 0 Å². The van der Waals surface area contributed by atoms with Gasteiger partial charge in [0.15, 0.2) is 0 Å². The minimum absolute atomic E-state index is 0.480. The third-order valence-electron chi connectivity index (χ3n) is 1.63. The van der Waals surface area contributed by atoms with E-state index in [1.807, 2.05) is 0 Å². The number of rotatable bonds is 2. The lowest BCUT2D eigenvalue weighted by Crippen LogP contribution is -2.34. The second-order valence-corrected chi connectivity index (χ2v) is 2.65. The number of anilines is 1. The fourth-order valence-corrected chi connectivity index (χ4v) is 0.943. The smallest absolute Gasteiger partial charge is 0.445 e. The summed E-state index contributed by atoms with van der Waals surface area (Å²) in [7, 11) is 0. The van der Waals surface area contributed by atoms with Gasteiger partial charge in [0.05, 0.1) is 4.92 Å². The number of nitro groups is 1. The Morgan fingerprint density at radius 3 is 2.29 bits per heavy atom. The normalized spacial score (nSPS) is 11.4. The van der Waals surface area contributed by atoms with E-state index in [0.717, 1.165) is 6.07 Å². The van der Waals surface area contributed by atoms with Gasteiger partial charge < -0.3 is 18.7 Å². The van der Waals surface area contributed by atoms with Crippen molar-refractivity contribution in [2.24, 2.45) is 0 Å². The van der Waals surface area contributed by atoms with Gasteiger partial charge in [0.1, 0.15) is 5.69 Å². The Kier molecular flexibility index (Phi) is 2.37. The van der Waals surface area contributed by atoms with Crippen molar-refractivity contribution in [1.82, 2.24) is 0 Å². The molecule has 0 unspecified atom stereocenters. The van der Waals surface area contributed by atoms with E-state index >= 15 is 0 Å². The first-order valence-electron chi connectivity index (χ1n) is 3.56. The molecule has 0 atom stereocenters. The molecule has 14 heavy (non-hydrogen) atoms. The van der Waals surface area contributed by atoms with E-state index in [4.69, 9.17) is 5.73 Å². The minimum atomic E-state index is -5.16. The Bertz CT molecular complexity index is 380. The zero-order valence-corrected chi connectivity index (χ0v) is 6.78. The third-order valence-corrected chi connectivity index (χ3v) is 1.63. The van der Waals surface area contributed by atoms with Crippen LogP contribution < -0.4 is 11.2 Å². The Labute approximate surface area is 76.7 Å². The van der Waals surface area contributed by atoms with Crippen molar-refractivity contribution >= 4 is 23.8 Å². The number of hydrogen-bond acceptors (Lipinski definition) is 3. The average molecular weight is 205 g/mol. The monoisotopic (exact) mass is 205 g/mol. The summed E-state index contributed by atoms with van der Waals surface area (Å²) in [6.45, 7) is -5.16. The molecule has 0 amide bonds. The summed E-state index contributed by atoms with van der Waals surface area (Å²) in [6.07, 6.45) is 0. The highest BCUT2D eigenvalue weighted by Crippen LogP contribution is 2.21. The molecule has 8 heteroatoms. The number of halogens is 3. The molecule has 1 aromatic carbocycles. The van der Waals surface area contributed by atoms with Gasteiger partial charge in [-0.2, -0.15) is 0 Å². The summed E-state index contributed by atoms with van der Waals surface area (Å²) < 4.78 is 36.4. The summed E-state index contributed by atoms with van der Waals surface area (Å²) >= 11 is 0. The van der Waals surface area contributed by atoms with Crippen molar-refractivity contribution in [2.45, 2.75) is 0 Å². The molecule has 1 rings (SSSR count). The van der Waals surface area contributed by atoms with Crippen LogP contribution in [0, 0.1) is 10.1 Å². The fourth-order valence-electron chi connectivity index (χ4n) is 0.943. The molecule has 0 spiro atoms. The lowest BCUT2D eigenvalue weighted by molar-refractivity contribution is -0.383. The standard InChI is InChI=1S/C6H5BF3N2O2/c8-7(9,10)4-1-2-6(12(13)14)5(11)3-4/h1-3H,11H2/q-1. The second kappa shape index (κ2) is 3.20. The van der Waals surface area contributed by atoms with Crippen molar-refractivity contribution in [1.29, 1.82) is 0 Å². The quantitative estimate of drug-likeness (QED) is 0.341. The van der Waals surface area contributed by atoms with Crippen molar-refractivity contribution in [3.63, 3.8) is 0 Å². The Hall–Kier alpha value is -1.73. The Morgan fingerprint density at radius 1 is 1.36 bits per heavy atom. The van der Waals surface area contributed by atoms with Gasteiger partial charge in [-0.1, -0.05) is 12.1 Å². The molecular formula is C6H5BF3N2O2-. The molecule has 0 fully saturated rings. The van der Waals surface area contributed by atoms with Crippen LogP contribution in [0.15, 0.2) is 18.2 Å². The van der Waals surface area contributed by atoms with Gasteiger partial charge in [-0.25, -0.2) is 0 Å². The average Bonchev–Trinajstić information content (AvgIpc) is 2.01. The van der Waals surface area contributed by atoms with Gasteiger partial charge in [-0.3, -0.25) is 10.1 Å². The number of nitro benzene ring substituents is 1. The van der Waals surface area contributed by atoms with Crippen LogP contribution in [0.4, 0.5) is 24.3 Å². The van der Waals surface area contributed by atoms with Crippen molar-refractivity contribution in [2.75, 3.05) is 5.73 Å². The van der Waals surface area contributed by atoms with Crippen LogP contribution in [-0.4, -0.2) is 11.9 Å². The molecule has 0 aliphatic heterocycles. The molecule has 0 radical (unpaired) electrons. The first-order chi connectivity index (χ1) is 6.32. The highest BCUT2D eigenvalue weighted by molar-refractivity contribution is 6.73. The van der Waals surface area contributed by atoms with Crippen molar-refractivity contribution in [3.8, 4) is 0 Å². The maximum atomic E-state index is 12.1. The van der Waals surface area contributed by atoms with Crippen LogP contribution in [0.2, 0.25) is 0 Å². The lowest BCUT2D eigenvalue weighted by Gasteiger charge is -2.14. The molecule has 0 aliphatic carbocycles. The third kappa shape index (κ3) is 1.95. The van der Waals surface area contributed by atoms with E-state index in [1.54, 1.807) is 0 Å². The molecule has 0 saturated heterocycles. The maximum Gasteiger partial charge on any atom is 0.509 e. The number of nitrogens with zero attached hydrogens (tertiary/aromatic N) is 1. The molecule has 76 valence electrons. The van der Waals surface area contributed by atoms with Gasteiger partial charge in [0, 0.05) is 6.07 Å². The van der Waals surface area contributed by atoms with Gasteiger partial charge in [0.2, 0.25) is 0 Å². The van der Waals surface area contributed by atoms with Crippen LogP contribution in [0.5, 0.6) is 0 Å². The van der Waals surface area contributed by atoms with Crippen LogP contribution in [-0.2, 0) is 0 Å². The summed E-state index contributed by atoms with van der Waals surface area (Å²) in [5.41, 5.74) is 3.15. The van der Waals surface area contributed by atoms with E-state index in [0.29, 0.717) is 12.1 Å². The molecular weight excluding hydrogens is 200 g/mol. The second-order valence-electron chi connectivity index (χ2n) is 2.65. The largest absolute Gasteiger partial charge is 0.509 e. The zero-order chi connectivity index (χ0) is 10.9. The van der Waals surface area contributed by atoms with E-state index in [1.165, 1.54) is 0 Å². The molecule has 1 aromatic rings. The predicted molar refractivity (Wildman–Crippen MR) is 46.2 cm³/mol. The molecule has 0 heterocycles. The van der Waals surface area contributed by atoms with E-state index in [9.17, 15) is 23.1 Å². The summed E-state index contributed by atoms with van der Waals surface area (Å²) in [4.78, 5) is 9.40. The van der Waals surface area contributed by atoms with E-state index in [2.05, 4.69) is 0 Å². The first-order valence-corrected chi connectivity index (χ1v) is 3.56. The van der Waals surface area contributed by atoms with Crippen LogP contribution in [0.3, 0.4) is 0 Å². The van der Waals surface area contributed by atoms with Crippen LogP contribution in [0.1, 0.15) is 0 Å². The number of benzene rings is 1. The van der Waals surface area contributed by atoms with E-state index in [-0.39, 0.29) is 0 Å². The van der Waals surface area contributed by atoms with E-state index < -0.39 is 28.7 Å². The summed E-state index contributed by atoms with van der Waals surface area (Å²) in [5.74, 6) is 0. The SMILES string of the molecule is Nc1cc([B-](F)(F)F)ccc1[N+](=O)[O-]. The molecule has 4 nitrogen and oxygen atoms in total. The van der Waals surface area contributed by atoms with Crippen molar-refractivity contribution < 1.29 is 17.9 Å². The number of nitrogens with two attached hydrogens (primary N) is 1. The lowest BCUT2D eigenvalue weighted by atomic mass is 9.80. The number of hydrogen-bond donors (Lipinski definition) is 1. The molecule has 0 bridgehead atoms. The molecule has 0 aromatic heterocycles. The summed E-state index contributed by atoms with van der Waals surface area (Å²) in [6, 6.07) is 1.96. The zero-order valence-electron chi connectivity index (χ0n) is 6.78. The fraction of sp³-hybridized carbons (Fsp3) is 0. The van der Waals surface area contributed by atoms with Gasteiger partial charge in [-0.15, -0.1) is 5.46 Å². The van der Waals surface area contributed by atoms with Crippen LogP contribution in [0.25, 0.3) is 0 Å². The first kappa shape index (κ1) is 10.4. The topological polar surface area (TPSA) is 69.2 Å². The predicted octanol–water partition coefficient (Wildman–Crippen LogP) is 1.23. The Morgan fingerprint density at radius 2 is 1.93 bits per heavy atom. The van der Waals surface area contributed by atoms with Crippen molar-refractivity contribution in [3.05, 3.63) is 28.3 Å². The van der Waals surface area contributed by atoms with Gasteiger partial charge in [0.25, 0.3) is 5.69 Å². The minimum Gasteiger partial charge on any atom is -0.445 e. The molecule has 2 N–H and O–H groups in total. The maximum absolute atomic E-state index is 12.1. The summed E-state index contributed by atoms with van der Waals surface area (Å²) in [5, 5.41) is 10.2. The molecule has 0 aliphatic rings. The van der Waals surface area contributed by atoms with Gasteiger partial charge in [-0.05, 0) is 0 Å². The highest BCUT2D eigenvalue weighted by Gasteiger charge is 2.27.